The Kier molecular flexibility index (Phi) is 19.7. The molecule has 0 aromatic heterocycles. The van der Waals surface area contributed by atoms with Gasteiger partial charge in [-0.3, -0.25) is 9.59 Å². The molecule has 0 aromatic rings. The molecule has 174 valence electrons. The van der Waals surface area contributed by atoms with Gasteiger partial charge in [-0.15, -0.1) is 0 Å². The lowest BCUT2D eigenvalue weighted by molar-refractivity contribution is -0.147. The van der Waals surface area contributed by atoms with Crippen LogP contribution in [0.2, 0.25) is 0 Å². The first-order valence-electron chi connectivity index (χ1n) is 12.3. The number of unbranched alkanes of at least 4 members (excludes halogenated alkanes) is 9. The van der Waals surface area contributed by atoms with Crippen molar-refractivity contribution >= 4 is 11.9 Å². The Bertz CT molecular complexity index is 487. The number of ether oxygens (including phenoxy) is 2. The molecule has 0 saturated carbocycles. The minimum atomic E-state index is -0.270. The van der Waals surface area contributed by atoms with E-state index in [1.807, 2.05) is 6.92 Å². The average Bonchev–Trinajstić information content (AvgIpc) is 2.70. The van der Waals surface area contributed by atoms with Gasteiger partial charge in [0.25, 0.3) is 0 Å². The van der Waals surface area contributed by atoms with Crippen molar-refractivity contribution < 1.29 is 19.1 Å². The van der Waals surface area contributed by atoms with E-state index in [2.05, 4.69) is 32.6 Å². The number of hydrogen-bond acceptors (Lipinski definition) is 4. The van der Waals surface area contributed by atoms with Crippen LogP contribution in [0.25, 0.3) is 0 Å². The van der Waals surface area contributed by atoms with Crippen LogP contribution < -0.4 is 0 Å². The molecule has 0 radical (unpaired) electrons. The third kappa shape index (κ3) is 19.8. The smallest absolute Gasteiger partial charge is 0.307 e. The normalized spacial score (nSPS) is 11.6. The molecule has 0 heterocycles. The third-order valence-electron chi connectivity index (χ3n) is 4.92. The zero-order chi connectivity index (χ0) is 22.5. The molecule has 0 rings (SSSR count). The fraction of sp³-hybridized carbons (Fsp3) is 0.846. The van der Waals surface area contributed by atoms with Gasteiger partial charge < -0.3 is 9.47 Å². The lowest BCUT2D eigenvalue weighted by Gasteiger charge is -2.14. The van der Waals surface area contributed by atoms with E-state index in [4.69, 9.17) is 9.47 Å². The summed E-state index contributed by atoms with van der Waals surface area (Å²) < 4.78 is 10.8. The minimum Gasteiger partial charge on any atom is -0.466 e. The highest BCUT2D eigenvalue weighted by Crippen LogP contribution is 2.12. The van der Waals surface area contributed by atoms with Crippen molar-refractivity contribution in [3.8, 4) is 11.8 Å². The van der Waals surface area contributed by atoms with E-state index in [0.29, 0.717) is 25.4 Å². The molecule has 0 aliphatic heterocycles. The largest absolute Gasteiger partial charge is 0.466 e. The van der Waals surface area contributed by atoms with Gasteiger partial charge in [-0.1, -0.05) is 90.9 Å². The van der Waals surface area contributed by atoms with Crippen molar-refractivity contribution in [2.75, 3.05) is 6.61 Å². The van der Waals surface area contributed by atoms with Crippen LogP contribution in [-0.2, 0) is 19.1 Å². The Labute approximate surface area is 185 Å². The van der Waals surface area contributed by atoms with Gasteiger partial charge >= 0.3 is 11.9 Å². The fourth-order valence-electron chi connectivity index (χ4n) is 3.21. The predicted molar refractivity (Wildman–Crippen MR) is 124 cm³/mol. The summed E-state index contributed by atoms with van der Waals surface area (Å²) in [5, 5.41) is 0. The molecular formula is C26H46O4. The first kappa shape index (κ1) is 28.5. The molecule has 0 N–H and O–H groups in total. The van der Waals surface area contributed by atoms with Crippen LogP contribution in [0.3, 0.4) is 0 Å². The number of rotatable bonds is 18. The maximum absolute atomic E-state index is 12.0. The molecule has 1 unspecified atom stereocenters. The molecule has 0 aliphatic carbocycles. The van der Waals surface area contributed by atoms with Gasteiger partial charge in [0.15, 0.2) is 6.10 Å². The first-order valence-corrected chi connectivity index (χ1v) is 12.3. The van der Waals surface area contributed by atoms with Crippen molar-refractivity contribution in [3.05, 3.63) is 0 Å². The summed E-state index contributed by atoms with van der Waals surface area (Å²) in [5.41, 5.74) is 0. The summed E-state index contributed by atoms with van der Waals surface area (Å²) >= 11 is 0. The summed E-state index contributed by atoms with van der Waals surface area (Å²) in [7, 11) is 0. The highest BCUT2D eigenvalue weighted by Gasteiger charge is 2.13. The summed E-state index contributed by atoms with van der Waals surface area (Å²) in [6.07, 6.45) is 14.2. The molecule has 0 spiro atoms. The topological polar surface area (TPSA) is 52.6 Å². The molecule has 4 heteroatoms. The second kappa shape index (κ2) is 20.8. The highest BCUT2D eigenvalue weighted by molar-refractivity contribution is 5.70. The minimum absolute atomic E-state index is 0.0599. The number of esters is 2. The van der Waals surface area contributed by atoms with E-state index in [9.17, 15) is 9.59 Å². The summed E-state index contributed by atoms with van der Waals surface area (Å²) in [4.78, 5) is 23.7. The standard InChI is InChI=1S/C26H46O4/c1-5-7-9-14-17-21-29-25(27)19-15-12-10-11-13-16-20-26(28)30-24(18-8-6-2)22-23(3)4/h23-24H,5-7,9-17,19-22H2,1-4H3. The van der Waals surface area contributed by atoms with E-state index >= 15 is 0 Å². The van der Waals surface area contributed by atoms with Crippen molar-refractivity contribution in [1.82, 2.24) is 0 Å². The zero-order valence-corrected chi connectivity index (χ0v) is 20.1. The van der Waals surface area contributed by atoms with Gasteiger partial charge in [-0.2, -0.15) is 0 Å². The Hall–Kier alpha value is -1.50. The lowest BCUT2D eigenvalue weighted by Crippen LogP contribution is -2.18. The van der Waals surface area contributed by atoms with Crippen LogP contribution >= 0.6 is 0 Å². The van der Waals surface area contributed by atoms with Gasteiger partial charge in [0, 0.05) is 19.3 Å². The Morgan fingerprint density at radius 1 is 0.767 bits per heavy atom. The second-order valence-electron chi connectivity index (χ2n) is 8.54. The molecule has 0 fully saturated rings. The monoisotopic (exact) mass is 422 g/mol. The van der Waals surface area contributed by atoms with Crippen molar-refractivity contribution in [1.29, 1.82) is 0 Å². The number of carbonyl (C=O) groups is 2. The maximum atomic E-state index is 12.0. The second-order valence-corrected chi connectivity index (χ2v) is 8.54. The van der Waals surface area contributed by atoms with Crippen LogP contribution in [0.4, 0.5) is 0 Å². The zero-order valence-electron chi connectivity index (χ0n) is 20.1. The van der Waals surface area contributed by atoms with E-state index in [-0.39, 0.29) is 18.0 Å². The van der Waals surface area contributed by atoms with Gasteiger partial charge in [-0.05, 0) is 31.6 Å². The predicted octanol–water partition coefficient (Wildman–Crippen LogP) is 6.99. The number of hydrogen-bond donors (Lipinski definition) is 0. The van der Waals surface area contributed by atoms with Crippen LogP contribution in [-0.4, -0.2) is 24.6 Å². The third-order valence-corrected chi connectivity index (χ3v) is 4.92. The van der Waals surface area contributed by atoms with Gasteiger partial charge in [0.2, 0.25) is 0 Å². The van der Waals surface area contributed by atoms with Crippen molar-refractivity contribution in [2.45, 2.75) is 130 Å². The number of carbonyl (C=O) groups excluding carboxylic acids is 2. The van der Waals surface area contributed by atoms with Gasteiger partial charge in [0.1, 0.15) is 0 Å². The van der Waals surface area contributed by atoms with Crippen molar-refractivity contribution in [3.63, 3.8) is 0 Å². The summed E-state index contributed by atoms with van der Waals surface area (Å²) in [6, 6.07) is 0. The summed E-state index contributed by atoms with van der Waals surface area (Å²) in [6.45, 7) is 8.99. The average molecular weight is 423 g/mol. The highest BCUT2D eigenvalue weighted by atomic mass is 16.5. The molecule has 0 bridgehead atoms. The van der Waals surface area contributed by atoms with E-state index < -0.39 is 0 Å². The molecule has 0 amide bonds. The van der Waals surface area contributed by atoms with Crippen LogP contribution in [0.15, 0.2) is 0 Å². The molecular weight excluding hydrogens is 376 g/mol. The van der Waals surface area contributed by atoms with Crippen LogP contribution in [0.1, 0.15) is 124 Å². The molecule has 0 aromatic carbocycles. The van der Waals surface area contributed by atoms with E-state index in [0.717, 1.165) is 64.2 Å². The quantitative estimate of drug-likeness (QED) is 0.136. The maximum Gasteiger partial charge on any atom is 0.307 e. The SMILES string of the molecule is CCC#CC(CC(C)C)OC(=O)CCCCCCCCC(=O)OCCCCCCC. The Balaban J connectivity index is 3.61. The summed E-state index contributed by atoms with van der Waals surface area (Å²) in [5.74, 6) is 6.34. The molecule has 0 saturated heterocycles. The lowest BCUT2D eigenvalue weighted by atomic mass is 10.1. The van der Waals surface area contributed by atoms with Gasteiger partial charge in [-0.25, -0.2) is 0 Å². The Morgan fingerprint density at radius 2 is 1.33 bits per heavy atom. The Morgan fingerprint density at radius 3 is 1.93 bits per heavy atom. The fourth-order valence-corrected chi connectivity index (χ4v) is 3.21. The van der Waals surface area contributed by atoms with E-state index in [1.54, 1.807) is 0 Å². The van der Waals surface area contributed by atoms with Crippen LogP contribution in [0.5, 0.6) is 0 Å². The molecule has 1 atom stereocenters. The molecule has 0 aliphatic rings. The van der Waals surface area contributed by atoms with E-state index in [1.165, 1.54) is 19.3 Å². The molecule has 4 nitrogen and oxygen atoms in total. The first-order chi connectivity index (χ1) is 14.5. The van der Waals surface area contributed by atoms with Crippen LogP contribution in [0, 0.1) is 17.8 Å². The van der Waals surface area contributed by atoms with Crippen molar-refractivity contribution in [2.24, 2.45) is 5.92 Å². The molecule has 30 heavy (non-hydrogen) atoms. The van der Waals surface area contributed by atoms with Gasteiger partial charge in [0.05, 0.1) is 6.61 Å².